The molecule has 0 radical (unpaired) electrons. The van der Waals surface area contributed by atoms with Crippen molar-refractivity contribution in [2.75, 3.05) is 0 Å². The van der Waals surface area contributed by atoms with Crippen LogP contribution >= 0.6 is 0 Å². The summed E-state index contributed by atoms with van der Waals surface area (Å²) in [4.78, 5) is 13.8. The van der Waals surface area contributed by atoms with Gasteiger partial charge in [0.05, 0.1) is 10.4 Å². The van der Waals surface area contributed by atoms with Gasteiger partial charge in [-0.1, -0.05) is 24.3 Å². The molecule has 108 valence electrons. The summed E-state index contributed by atoms with van der Waals surface area (Å²) in [6, 6.07) is 13.1. The topological polar surface area (TPSA) is 92.2 Å². The summed E-state index contributed by atoms with van der Waals surface area (Å²) < 4.78 is 31.6. The van der Waals surface area contributed by atoms with Crippen LogP contribution in [-0.2, 0) is 16.6 Å². The molecule has 0 aliphatic heterocycles. The van der Waals surface area contributed by atoms with E-state index < -0.39 is 15.8 Å². The van der Waals surface area contributed by atoms with Crippen LogP contribution in [0.2, 0.25) is 0 Å². The number of sulfonamides is 1. The number of rotatable bonds is 4. The van der Waals surface area contributed by atoms with Crippen molar-refractivity contribution in [1.82, 2.24) is 9.71 Å². The molecule has 0 atom stereocenters. The molecule has 1 aromatic heterocycles. The van der Waals surface area contributed by atoms with Crippen molar-refractivity contribution < 1.29 is 12.8 Å². The zero-order valence-electron chi connectivity index (χ0n) is 10.9. The van der Waals surface area contributed by atoms with Crippen LogP contribution < -0.4 is 10.5 Å². The molecule has 3 aromatic rings. The second kappa shape index (κ2) is 5.19. The van der Waals surface area contributed by atoms with Crippen molar-refractivity contribution in [3.63, 3.8) is 0 Å². The van der Waals surface area contributed by atoms with Gasteiger partial charge in [0.25, 0.3) is 0 Å². The minimum absolute atomic E-state index is 0.125. The Bertz CT molecular complexity index is 926. The summed E-state index contributed by atoms with van der Waals surface area (Å²) in [7, 11) is -3.55. The molecule has 2 aromatic carbocycles. The van der Waals surface area contributed by atoms with Gasteiger partial charge in [-0.05, 0) is 29.8 Å². The molecule has 0 unspecified atom stereocenters. The minimum Gasteiger partial charge on any atom is -0.408 e. The van der Waals surface area contributed by atoms with Crippen molar-refractivity contribution in [2.45, 2.75) is 11.4 Å². The Morgan fingerprint density at radius 3 is 2.62 bits per heavy atom. The van der Waals surface area contributed by atoms with Crippen LogP contribution in [0.25, 0.3) is 11.1 Å². The standard InChI is InChI=1S/C14H12N2O4S/c17-14-16-12-8-10(6-7-13(12)20-14)9-15-21(18,19)11-4-2-1-3-5-11/h1-8,15H,9H2,(H,16,17). The Morgan fingerprint density at radius 2 is 1.86 bits per heavy atom. The van der Waals surface area contributed by atoms with Crippen LogP contribution in [0.5, 0.6) is 0 Å². The van der Waals surface area contributed by atoms with Gasteiger partial charge in [0.2, 0.25) is 10.0 Å². The second-order valence-corrected chi connectivity index (χ2v) is 6.25. The van der Waals surface area contributed by atoms with Crippen LogP contribution in [0, 0.1) is 0 Å². The maximum Gasteiger partial charge on any atom is 0.417 e. The molecular formula is C14H12N2O4S. The molecular weight excluding hydrogens is 292 g/mol. The molecule has 0 amide bonds. The summed E-state index contributed by atoms with van der Waals surface area (Å²) in [5, 5.41) is 0. The molecule has 0 bridgehead atoms. The van der Waals surface area contributed by atoms with Crippen LogP contribution in [0.4, 0.5) is 0 Å². The lowest BCUT2D eigenvalue weighted by Gasteiger charge is -2.06. The van der Waals surface area contributed by atoms with Crippen LogP contribution in [0.15, 0.2) is 62.6 Å². The van der Waals surface area contributed by atoms with Gasteiger partial charge >= 0.3 is 5.76 Å². The molecule has 1 heterocycles. The molecule has 0 saturated heterocycles. The van der Waals surface area contributed by atoms with E-state index in [2.05, 4.69) is 9.71 Å². The Labute approximate surface area is 120 Å². The molecule has 7 heteroatoms. The number of H-pyrrole nitrogens is 1. The van der Waals surface area contributed by atoms with Crippen LogP contribution in [0.1, 0.15) is 5.56 Å². The average molecular weight is 304 g/mol. The summed E-state index contributed by atoms with van der Waals surface area (Å²) >= 11 is 0. The summed E-state index contributed by atoms with van der Waals surface area (Å²) in [6.07, 6.45) is 0. The number of aromatic nitrogens is 1. The Kier molecular flexibility index (Phi) is 3.36. The van der Waals surface area contributed by atoms with Gasteiger partial charge < -0.3 is 4.42 Å². The molecule has 2 N–H and O–H groups in total. The third-order valence-corrected chi connectivity index (χ3v) is 4.42. The predicted molar refractivity (Wildman–Crippen MR) is 77.3 cm³/mol. The van der Waals surface area contributed by atoms with E-state index in [9.17, 15) is 13.2 Å². The number of oxazole rings is 1. The van der Waals surface area contributed by atoms with Crippen LogP contribution in [-0.4, -0.2) is 13.4 Å². The fourth-order valence-electron chi connectivity index (χ4n) is 1.97. The molecule has 0 aliphatic rings. The van der Waals surface area contributed by atoms with Crippen LogP contribution in [0.3, 0.4) is 0 Å². The van der Waals surface area contributed by atoms with Crippen molar-refractivity contribution in [3.8, 4) is 0 Å². The van der Waals surface area contributed by atoms with Crippen molar-refractivity contribution in [1.29, 1.82) is 0 Å². The van der Waals surface area contributed by atoms with E-state index in [1.165, 1.54) is 12.1 Å². The Hall–Kier alpha value is -2.38. The second-order valence-electron chi connectivity index (χ2n) is 4.48. The quantitative estimate of drug-likeness (QED) is 0.765. The molecule has 0 spiro atoms. The van der Waals surface area contributed by atoms with Gasteiger partial charge in [0.1, 0.15) is 0 Å². The first-order valence-electron chi connectivity index (χ1n) is 6.21. The largest absolute Gasteiger partial charge is 0.417 e. The lowest BCUT2D eigenvalue weighted by molar-refractivity contribution is 0.555. The van der Waals surface area contributed by atoms with E-state index in [4.69, 9.17) is 4.42 Å². The van der Waals surface area contributed by atoms with Gasteiger partial charge in [-0.25, -0.2) is 17.9 Å². The molecule has 6 nitrogen and oxygen atoms in total. The number of hydrogen-bond acceptors (Lipinski definition) is 4. The SMILES string of the molecule is O=c1[nH]c2cc(CNS(=O)(=O)c3ccccc3)ccc2o1. The number of benzene rings is 2. The zero-order valence-corrected chi connectivity index (χ0v) is 11.7. The predicted octanol–water partition coefficient (Wildman–Crippen LogP) is 1.60. The molecule has 0 saturated carbocycles. The maximum atomic E-state index is 12.1. The summed E-state index contributed by atoms with van der Waals surface area (Å²) in [6.45, 7) is 0.125. The van der Waals surface area contributed by atoms with E-state index in [-0.39, 0.29) is 11.4 Å². The van der Waals surface area contributed by atoms with E-state index in [0.717, 1.165) is 5.56 Å². The first-order valence-corrected chi connectivity index (χ1v) is 7.69. The highest BCUT2D eigenvalue weighted by Crippen LogP contribution is 2.13. The minimum atomic E-state index is -3.55. The summed E-state index contributed by atoms with van der Waals surface area (Å²) in [5.74, 6) is -0.535. The Morgan fingerprint density at radius 1 is 1.10 bits per heavy atom. The first-order chi connectivity index (χ1) is 10.0. The molecule has 3 rings (SSSR count). The fraction of sp³-hybridized carbons (Fsp3) is 0.0714. The third kappa shape index (κ3) is 2.88. The third-order valence-electron chi connectivity index (χ3n) is 3.00. The van der Waals surface area contributed by atoms with Gasteiger partial charge in [-0.3, -0.25) is 4.98 Å². The normalized spacial score (nSPS) is 11.8. The molecule has 21 heavy (non-hydrogen) atoms. The highest BCUT2D eigenvalue weighted by atomic mass is 32.2. The molecule has 0 aliphatic carbocycles. The van der Waals surface area contributed by atoms with E-state index in [1.54, 1.807) is 36.4 Å². The Balaban J connectivity index is 1.81. The number of fused-ring (bicyclic) bond motifs is 1. The monoisotopic (exact) mass is 304 g/mol. The fourth-order valence-corrected chi connectivity index (χ4v) is 3.01. The van der Waals surface area contributed by atoms with Gasteiger partial charge in [0, 0.05) is 6.54 Å². The smallest absolute Gasteiger partial charge is 0.408 e. The van der Waals surface area contributed by atoms with Gasteiger partial charge in [-0.2, -0.15) is 0 Å². The van der Waals surface area contributed by atoms with E-state index >= 15 is 0 Å². The van der Waals surface area contributed by atoms with Crippen molar-refractivity contribution in [2.24, 2.45) is 0 Å². The van der Waals surface area contributed by atoms with Gasteiger partial charge in [0.15, 0.2) is 5.58 Å². The van der Waals surface area contributed by atoms with Gasteiger partial charge in [-0.15, -0.1) is 0 Å². The summed E-state index contributed by atoms with van der Waals surface area (Å²) in [5.41, 5.74) is 1.70. The highest BCUT2D eigenvalue weighted by molar-refractivity contribution is 7.89. The maximum absolute atomic E-state index is 12.1. The van der Waals surface area contributed by atoms with Crippen molar-refractivity contribution in [3.05, 3.63) is 64.6 Å². The lowest BCUT2D eigenvalue weighted by atomic mass is 10.2. The van der Waals surface area contributed by atoms with E-state index in [0.29, 0.717) is 11.1 Å². The average Bonchev–Trinajstić information content (AvgIpc) is 2.85. The number of aromatic amines is 1. The first kappa shape index (κ1) is 13.6. The lowest BCUT2D eigenvalue weighted by Crippen LogP contribution is -2.23. The van der Waals surface area contributed by atoms with E-state index in [1.807, 2.05) is 0 Å². The zero-order chi connectivity index (χ0) is 14.9. The number of nitrogens with one attached hydrogen (secondary N) is 2. The van der Waals surface area contributed by atoms with Crippen molar-refractivity contribution >= 4 is 21.1 Å². The highest BCUT2D eigenvalue weighted by Gasteiger charge is 2.13. The number of hydrogen-bond donors (Lipinski definition) is 2. The molecule has 0 fully saturated rings.